The molecular weight excluding hydrogens is 338 g/mol. The fourth-order valence-electron chi connectivity index (χ4n) is 1.70. The van der Waals surface area contributed by atoms with E-state index in [1.807, 2.05) is 24.3 Å². The molecule has 21 heavy (non-hydrogen) atoms. The summed E-state index contributed by atoms with van der Waals surface area (Å²) in [5, 5.41) is 11.2. The van der Waals surface area contributed by atoms with Crippen LogP contribution in [0, 0.1) is 0 Å². The fraction of sp³-hybridized carbons (Fsp3) is 0.467. The van der Waals surface area contributed by atoms with Crippen LogP contribution in [-0.4, -0.2) is 30.1 Å². The number of unbranched alkanes of at least 4 members (excludes halogenated alkanes) is 1. The van der Waals surface area contributed by atoms with Crippen molar-refractivity contribution in [2.75, 3.05) is 13.2 Å². The Morgan fingerprint density at radius 1 is 1.19 bits per heavy atom. The van der Waals surface area contributed by atoms with Gasteiger partial charge in [0.25, 0.3) is 0 Å². The molecule has 116 valence electrons. The third kappa shape index (κ3) is 9.07. The van der Waals surface area contributed by atoms with Gasteiger partial charge in [0.2, 0.25) is 5.91 Å². The molecule has 0 saturated carbocycles. The van der Waals surface area contributed by atoms with Gasteiger partial charge in [0, 0.05) is 23.9 Å². The average molecular weight is 358 g/mol. The molecule has 1 aromatic carbocycles. The van der Waals surface area contributed by atoms with Crippen LogP contribution < -0.4 is 10.1 Å². The molecule has 0 aliphatic rings. The van der Waals surface area contributed by atoms with Crippen LogP contribution in [-0.2, 0) is 9.59 Å². The van der Waals surface area contributed by atoms with Gasteiger partial charge in [-0.2, -0.15) is 0 Å². The van der Waals surface area contributed by atoms with Crippen molar-refractivity contribution in [3.63, 3.8) is 0 Å². The maximum absolute atomic E-state index is 11.5. The van der Waals surface area contributed by atoms with Crippen molar-refractivity contribution in [3.05, 3.63) is 28.7 Å². The maximum Gasteiger partial charge on any atom is 0.303 e. The molecule has 1 amide bonds. The van der Waals surface area contributed by atoms with E-state index in [2.05, 4.69) is 21.2 Å². The monoisotopic (exact) mass is 357 g/mol. The number of carboxylic acids is 1. The Labute approximate surface area is 132 Å². The van der Waals surface area contributed by atoms with E-state index in [-0.39, 0.29) is 12.3 Å². The fourth-order valence-corrected chi connectivity index (χ4v) is 2.08. The Morgan fingerprint density at radius 3 is 2.71 bits per heavy atom. The van der Waals surface area contributed by atoms with Crippen molar-refractivity contribution in [1.29, 1.82) is 0 Å². The van der Waals surface area contributed by atoms with Gasteiger partial charge >= 0.3 is 5.97 Å². The van der Waals surface area contributed by atoms with Crippen molar-refractivity contribution in [2.24, 2.45) is 0 Å². The average Bonchev–Trinajstić information content (AvgIpc) is 2.43. The van der Waals surface area contributed by atoms with Crippen LogP contribution in [0.15, 0.2) is 28.7 Å². The first-order valence-electron chi connectivity index (χ1n) is 6.95. The van der Waals surface area contributed by atoms with Crippen molar-refractivity contribution >= 4 is 27.8 Å². The maximum atomic E-state index is 11.5. The van der Waals surface area contributed by atoms with Gasteiger partial charge in [0.15, 0.2) is 0 Å². The summed E-state index contributed by atoms with van der Waals surface area (Å²) in [6.07, 6.45) is 2.48. The minimum Gasteiger partial charge on any atom is -0.494 e. The van der Waals surface area contributed by atoms with Crippen LogP contribution in [0.2, 0.25) is 0 Å². The van der Waals surface area contributed by atoms with E-state index in [4.69, 9.17) is 9.84 Å². The smallest absolute Gasteiger partial charge is 0.303 e. The minimum atomic E-state index is -0.800. The second-order valence-corrected chi connectivity index (χ2v) is 5.53. The number of carbonyl (C=O) groups is 2. The summed E-state index contributed by atoms with van der Waals surface area (Å²) in [6.45, 7) is 1.02. The summed E-state index contributed by atoms with van der Waals surface area (Å²) < 4.78 is 6.49. The molecule has 1 rings (SSSR count). The van der Waals surface area contributed by atoms with Crippen molar-refractivity contribution in [2.45, 2.75) is 32.1 Å². The van der Waals surface area contributed by atoms with Crippen molar-refractivity contribution in [3.8, 4) is 5.75 Å². The van der Waals surface area contributed by atoms with Crippen molar-refractivity contribution < 1.29 is 19.4 Å². The molecule has 0 bridgehead atoms. The van der Waals surface area contributed by atoms with Crippen LogP contribution in [0.25, 0.3) is 0 Å². The van der Waals surface area contributed by atoms with Crippen LogP contribution in [0.5, 0.6) is 5.75 Å². The summed E-state index contributed by atoms with van der Waals surface area (Å²) in [7, 11) is 0. The van der Waals surface area contributed by atoms with Gasteiger partial charge in [-0.3, -0.25) is 9.59 Å². The lowest BCUT2D eigenvalue weighted by Crippen LogP contribution is -2.24. The number of rotatable bonds is 10. The van der Waals surface area contributed by atoms with Gasteiger partial charge in [-0.25, -0.2) is 0 Å². The molecule has 0 aliphatic carbocycles. The number of benzene rings is 1. The molecule has 0 aliphatic heterocycles. The standard InChI is InChI=1S/C15H20BrNO4/c16-12-5-3-6-13(11-12)21-10-4-7-14(18)17-9-2-1-8-15(19)20/h3,5-6,11H,1-2,4,7-10H2,(H,17,18)(H,19,20). The first-order valence-corrected chi connectivity index (χ1v) is 7.74. The van der Waals surface area contributed by atoms with Crippen LogP contribution in [0.1, 0.15) is 32.1 Å². The van der Waals surface area contributed by atoms with Crippen molar-refractivity contribution in [1.82, 2.24) is 5.32 Å². The third-order valence-electron chi connectivity index (χ3n) is 2.75. The number of aliphatic carboxylic acids is 1. The second-order valence-electron chi connectivity index (χ2n) is 4.61. The van der Waals surface area contributed by atoms with E-state index in [1.54, 1.807) is 0 Å². The number of carboxylic acid groups (broad SMARTS) is 1. The van der Waals surface area contributed by atoms with Gasteiger partial charge in [-0.1, -0.05) is 22.0 Å². The summed E-state index contributed by atoms with van der Waals surface area (Å²) in [5.41, 5.74) is 0. The zero-order valence-electron chi connectivity index (χ0n) is 11.8. The summed E-state index contributed by atoms with van der Waals surface area (Å²) in [6, 6.07) is 7.56. The largest absolute Gasteiger partial charge is 0.494 e. The Morgan fingerprint density at radius 2 is 2.00 bits per heavy atom. The van der Waals surface area contributed by atoms with Gasteiger partial charge in [0.1, 0.15) is 5.75 Å². The molecule has 0 atom stereocenters. The molecule has 5 nitrogen and oxygen atoms in total. The minimum absolute atomic E-state index is 0.0248. The SMILES string of the molecule is O=C(O)CCCCNC(=O)CCCOc1cccc(Br)c1. The molecule has 0 aromatic heterocycles. The van der Waals surface area contributed by atoms with E-state index >= 15 is 0 Å². The van der Waals surface area contributed by atoms with E-state index in [0.717, 1.165) is 10.2 Å². The molecule has 0 saturated heterocycles. The van der Waals surface area contributed by atoms with Gasteiger partial charge in [0.05, 0.1) is 6.61 Å². The first kappa shape index (κ1) is 17.5. The number of nitrogens with one attached hydrogen (secondary N) is 1. The number of carbonyl (C=O) groups excluding carboxylic acids is 1. The van der Waals surface area contributed by atoms with Crippen LogP contribution in [0.4, 0.5) is 0 Å². The van der Waals surface area contributed by atoms with Crippen LogP contribution >= 0.6 is 15.9 Å². The lowest BCUT2D eigenvalue weighted by molar-refractivity contribution is -0.137. The predicted molar refractivity (Wildman–Crippen MR) is 83.4 cm³/mol. The van der Waals surface area contributed by atoms with E-state index in [1.165, 1.54) is 0 Å². The predicted octanol–water partition coefficient (Wildman–Crippen LogP) is 2.98. The highest BCUT2D eigenvalue weighted by atomic mass is 79.9. The summed E-state index contributed by atoms with van der Waals surface area (Å²) >= 11 is 3.36. The topological polar surface area (TPSA) is 75.6 Å². The quantitative estimate of drug-likeness (QED) is 0.631. The lowest BCUT2D eigenvalue weighted by Gasteiger charge is -2.07. The molecule has 0 fully saturated rings. The highest BCUT2D eigenvalue weighted by molar-refractivity contribution is 9.10. The summed E-state index contributed by atoms with van der Waals surface area (Å²) in [5.74, 6) is -0.0485. The highest BCUT2D eigenvalue weighted by Gasteiger charge is 2.02. The summed E-state index contributed by atoms with van der Waals surface area (Å²) in [4.78, 5) is 21.8. The highest BCUT2D eigenvalue weighted by Crippen LogP contribution is 2.17. The molecule has 0 unspecified atom stereocenters. The Kier molecular flexibility index (Phi) is 8.50. The normalized spacial score (nSPS) is 10.1. The molecule has 0 spiro atoms. The number of hydrogen-bond donors (Lipinski definition) is 2. The number of hydrogen-bond acceptors (Lipinski definition) is 3. The first-order chi connectivity index (χ1) is 10.1. The molecule has 0 radical (unpaired) electrons. The molecule has 6 heteroatoms. The van der Waals surface area contributed by atoms with E-state index in [9.17, 15) is 9.59 Å². The number of ether oxygens (including phenoxy) is 1. The van der Waals surface area contributed by atoms with Gasteiger partial charge < -0.3 is 15.2 Å². The molecule has 1 aromatic rings. The second kappa shape index (κ2) is 10.2. The van der Waals surface area contributed by atoms with E-state index in [0.29, 0.717) is 38.8 Å². The number of halogens is 1. The zero-order valence-corrected chi connectivity index (χ0v) is 13.4. The van der Waals surface area contributed by atoms with Crippen LogP contribution in [0.3, 0.4) is 0 Å². The molecule has 0 heterocycles. The molecule has 2 N–H and O–H groups in total. The molecular formula is C15H20BrNO4. The Hall–Kier alpha value is -1.56. The third-order valence-corrected chi connectivity index (χ3v) is 3.25. The van der Waals surface area contributed by atoms with Gasteiger partial charge in [-0.05, 0) is 37.5 Å². The lowest BCUT2D eigenvalue weighted by atomic mass is 10.2. The zero-order chi connectivity index (χ0) is 15.5. The Balaban J connectivity index is 2.02. The number of amides is 1. The van der Waals surface area contributed by atoms with E-state index < -0.39 is 5.97 Å². The Bertz CT molecular complexity index is 465. The van der Waals surface area contributed by atoms with Gasteiger partial charge in [-0.15, -0.1) is 0 Å².